The summed E-state index contributed by atoms with van der Waals surface area (Å²) in [7, 11) is 0. The zero-order valence-corrected chi connectivity index (χ0v) is 15.4. The molecular weight excluding hydrogens is 357 g/mol. The highest BCUT2D eigenvalue weighted by Crippen LogP contribution is 2.25. The Bertz CT molecular complexity index is 919. The lowest BCUT2D eigenvalue weighted by Gasteiger charge is -2.28. The molecule has 3 heterocycles. The topological polar surface area (TPSA) is 73.9 Å². The summed E-state index contributed by atoms with van der Waals surface area (Å²) in [6.45, 7) is 2.40. The minimum atomic E-state index is -0.257. The number of aromatic nitrogens is 3. The molecule has 144 valence electrons. The van der Waals surface area contributed by atoms with Crippen molar-refractivity contribution in [3.63, 3.8) is 0 Å². The van der Waals surface area contributed by atoms with Crippen LogP contribution in [0.4, 0.5) is 4.39 Å². The minimum absolute atomic E-state index is 0.0187. The van der Waals surface area contributed by atoms with Crippen LogP contribution in [0, 0.1) is 5.82 Å². The first-order valence-electron chi connectivity index (χ1n) is 9.45. The average molecular weight is 379 g/mol. The van der Waals surface area contributed by atoms with E-state index >= 15 is 0 Å². The summed E-state index contributed by atoms with van der Waals surface area (Å²) in [5, 5.41) is 9.95. The molecular formula is C21H22FN5O. The monoisotopic (exact) mass is 379 g/mol. The Morgan fingerprint density at radius 1 is 1.14 bits per heavy atom. The van der Waals surface area contributed by atoms with Crippen molar-refractivity contribution in [1.29, 1.82) is 0 Å². The van der Waals surface area contributed by atoms with E-state index in [0.29, 0.717) is 23.6 Å². The van der Waals surface area contributed by atoms with Gasteiger partial charge in [-0.05, 0) is 61.8 Å². The Kier molecular flexibility index (Phi) is 5.43. The average Bonchev–Trinajstić information content (AvgIpc) is 3.42. The largest absolute Gasteiger partial charge is 0.349 e. The lowest BCUT2D eigenvalue weighted by Crippen LogP contribution is -2.37. The smallest absolute Gasteiger partial charge is 0.269 e. The van der Waals surface area contributed by atoms with Crippen molar-refractivity contribution < 1.29 is 9.18 Å². The number of aromatic amines is 1. The van der Waals surface area contributed by atoms with E-state index in [0.717, 1.165) is 31.5 Å². The number of amides is 1. The van der Waals surface area contributed by atoms with E-state index in [1.54, 1.807) is 24.4 Å². The summed E-state index contributed by atoms with van der Waals surface area (Å²) in [5.74, 6) is -0.478. The summed E-state index contributed by atoms with van der Waals surface area (Å²) < 4.78 is 13.3. The maximum Gasteiger partial charge on any atom is 0.269 e. The highest BCUT2D eigenvalue weighted by atomic mass is 19.1. The normalized spacial score (nSPS) is 15.5. The van der Waals surface area contributed by atoms with Gasteiger partial charge in [0, 0.05) is 12.7 Å². The fraction of sp³-hybridized carbons (Fsp3) is 0.286. The van der Waals surface area contributed by atoms with E-state index < -0.39 is 0 Å². The second-order valence-corrected chi connectivity index (χ2v) is 6.90. The number of hydrogen-bond acceptors (Lipinski definition) is 4. The first-order chi connectivity index (χ1) is 13.7. The van der Waals surface area contributed by atoms with Crippen LogP contribution in [-0.4, -0.2) is 45.6 Å². The lowest BCUT2D eigenvalue weighted by molar-refractivity contribution is 0.0933. The summed E-state index contributed by atoms with van der Waals surface area (Å²) in [4.78, 5) is 19.2. The molecule has 0 radical (unpaired) electrons. The van der Waals surface area contributed by atoms with Gasteiger partial charge in [-0.3, -0.25) is 19.8 Å². The third-order valence-corrected chi connectivity index (χ3v) is 5.04. The predicted molar refractivity (Wildman–Crippen MR) is 104 cm³/mol. The molecule has 6 nitrogen and oxygen atoms in total. The molecule has 3 aromatic rings. The van der Waals surface area contributed by atoms with Gasteiger partial charge in [0.25, 0.3) is 5.91 Å². The number of hydrogen-bond donors (Lipinski definition) is 2. The van der Waals surface area contributed by atoms with Crippen LogP contribution in [0.15, 0.2) is 54.7 Å². The van der Waals surface area contributed by atoms with Gasteiger partial charge in [0.05, 0.1) is 11.7 Å². The van der Waals surface area contributed by atoms with E-state index in [1.165, 1.54) is 12.1 Å². The van der Waals surface area contributed by atoms with Crippen LogP contribution in [-0.2, 0) is 0 Å². The van der Waals surface area contributed by atoms with Crippen molar-refractivity contribution >= 4 is 5.91 Å². The van der Waals surface area contributed by atoms with Gasteiger partial charge in [-0.15, -0.1) is 0 Å². The van der Waals surface area contributed by atoms with Crippen molar-refractivity contribution in [2.75, 3.05) is 19.6 Å². The van der Waals surface area contributed by atoms with Crippen LogP contribution in [0.25, 0.3) is 11.4 Å². The molecule has 2 aromatic heterocycles. The highest BCUT2D eigenvalue weighted by Gasteiger charge is 2.24. The van der Waals surface area contributed by atoms with Gasteiger partial charge in [0.15, 0.2) is 0 Å². The van der Waals surface area contributed by atoms with Crippen LogP contribution < -0.4 is 5.32 Å². The van der Waals surface area contributed by atoms with Crippen LogP contribution in [0.2, 0.25) is 0 Å². The highest BCUT2D eigenvalue weighted by molar-refractivity contribution is 5.93. The third-order valence-electron chi connectivity index (χ3n) is 5.04. The molecule has 7 heteroatoms. The fourth-order valence-corrected chi connectivity index (χ4v) is 3.56. The number of benzene rings is 1. The van der Waals surface area contributed by atoms with Gasteiger partial charge < -0.3 is 5.32 Å². The van der Waals surface area contributed by atoms with Gasteiger partial charge in [0.2, 0.25) is 0 Å². The van der Waals surface area contributed by atoms with Gasteiger partial charge in [-0.1, -0.05) is 18.2 Å². The molecule has 1 aliphatic rings. The number of carbonyl (C=O) groups is 1. The first-order valence-corrected chi connectivity index (χ1v) is 9.45. The molecule has 0 aliphatic carbocycles. The molecule has 0 spiro atoms. The number of H-pyrrole nitrogens is 1. The van der Waals surface area contributed by atoms with Crippen molar-refractivity contribution in [3.05, 3.63) is 71.8 Å². The van der Waals surface area contributed by atoms with E-state index in [1.807, 2.05) is 18.2 Å². The Balaban J connectivity index is 1.45. The number of nitrogens with one attached hydrogen (secondary N) is 2. The SMILES string of the molecule is O=C(NC[C@@H](c1ccc(F)cc1)N1CCCC1)c1cc(-c2ccccn2)n[nH]1. The Labute approximate surface area is 162 Å². The second-order valence-electron chi connectivity index (χ2n) is 6.90. The number of likely N-dealkylation sites (tertiary alicyclic amines) is 1. The van der Waals surface area contributed by atoms with E-state index in [4.69, 9.17) is 0 Å². The van der Waals surface area contributed by atoms with Crippen LogP contribution >= 0.6 is 0 Å². The van der Waals surface area contributed by atoms with Crippen LogP contribution in [0.1, 0.15) is 34.9 Å². The number of rotatable bonds is 6. The third kappa shape index (κ3) is 4.09. The molecule has 4 rings (SSSR count). The molecule has 1 amide bonds. The number of carbonyl (C=O) groups excluding carboxylic acids is 1. The first kappa shape index (κ1) is 18.3. The fourth-order valence-electron chi connectivity index (χ4n) is 3.56. The Morgan fingerprint density at radius 3 is 2.64 bits per heavy atom. The molecule has 0 unspecified atom stereocenters. The number of nitrogens with zero attached hydrogens (tertiary/aromatic N) is 3. The van der Waals surface area contributed by atoms with Gasteiger partial charge in [0.1, 0.15) is 17.2 Å². The molecule has 1 aliphatic heterocycles. The molecule has 1 fully saturated rings. The molecule has 1 saturated heterocycles. The summed E-state index contributed by atoms with van der Waals surface area (Å²) >= 11 is 0. The zero-order valence-electron chi connectivity index (χ0n) is 15.4. The molecule has 2 N–H and O–H groups in total. The van der Waals surface area contributed by atoms with E-state index in [-0.39, 0.29) is 17.8 Å². The van der Waals surface area contributed by atoms with Crippen molar-refractivity contribution in [2.45, 2.75) is 18.9 Å². The Morgan fingerprint density at radius 2 is 1.93 bits per heavy atom. The number of pyridine rings is 1. The minimum Gasteiger partial charge on any atom is -0.349 e. The van der Waals surface area contributed by atoms with Gasteiger partial charge in [-0.2, -0.15) is 5.10 Å². The molecule has 28 heavy (non-hydrogen) atoms. The van der Waals surface area contributed by atoms with E-state index in [2.05, 4.69) is 25.4 Å². The van der Waals surface area contributed by atoms with Gasteiger partial charge in [-0.25, -0.2) is 4.39 Å². The summed E-state index contributed by atoms with van der Waals surface area (Å²) in [5.41, 5.74) is 2.72. The quantitative estimate of drug-likeness (QED) is 0.690. The van der Waals surface area contributed by atoms with Gasteiger partial charge >= 0.3 is 0 Å². The number of halogens is 1. The Hall–Kier alpha value is -3.06. The van der Waals surface area contributed by atoms with Crippen LogP contribution in [0.5, 0.6) is 0 Å². The molecule has 0 saturated carbocycles. The predicted octanol–water partition coefficient (Wildman–Crippen LogP) is 3.18. The second kappa shape index (κ2) is 8.31. The summed E-state index contributed by atoms with van der Waals surface area (Å²) in [6.07, 6.45) is 3.96. The summed E-state index contributed by atoms with van der Waals surface area (Å²) in [6, 6.07) is 13.8. The molecule has 1 atom stereocenters. The zero-order chi connectivity index (χ0) is 19.3. The lowest BCUT2D eigenvalue weighted by atomic mass is 10.1. The van der Waals surface area contributed by atoms with Crippen molar-refractivity contribution in [3.8, 4) is 11.4 Å². The maximum absolute atomic E-state index is 13.3. The maximum atomic E-state index is 13.3. The van der Waals surface area contributed by atoms with Crippen LogP contribution in [0.3, 0.4) is 0 Å². The molecule has 0 bridgehead atoms. The van der Waals surface area contributed by atoms with E-state index in [9.17, 15) is 9.18 Å². The standard InChI is InChI=1S/C21H22FN5O/c22-16-8-6-15(7-9-16)20(27-11-3-4-12-27)14-24-21(28)19-13-18(25-26-19)17-5-1-2-10-23-17/h1-2,5-10,13,20H,3-4,11-12,14H2,(H,24,28)(H,25,26)/t20-/m0/s1. The molecule has 1 aromatic carbocycles. The van der Waals surface area contributed by atoms with Crippen molar-refractivity contribution in [1.82, 2.24) is 25.4 Å². The van der Waals surface area contributed by atoms with Crippen molar-refractivity contribution in [2.24, 2.45) is 0 Å².